The van der Waals surface area contributed by atoms with E-state index in [1.807, 2.05) is 60.7 Å². The summed E-state index contributed by atoms with van der Waals surface area (Å²) in [6.07, 6.45) is 3.20. The molecule has 0 atom stereocenters. The summed E-state index contributed by atoms with van der Waals surface area (Å²) in [5, 5.41) is 5.48. The van der Waals surface area contributed by atoms with E-state index in [4.69, 9.17) is 9.47 Å². The summed E-state index contributed by atoms with van der Waals surface area (Å²) < 4.78 is 10.3. The van der Waals surface area contributed by atoms with Crippen LogP contribution in [0.5, 0.6) is 0 Å². The molecule has 2 aromatic carbocycles. The number of hydrogen-bond acceptors (Lipinski definition) is 4. The molecule has 6 heteroatoms. The zero-order valence-electron chi connectivity index (χ0n) is 16.8. The lowest BCUT2D eigenvalue weighted by atomic mass is 10.2. The second-order valence-electron chi connectivity index (χ2n) is 6.66. The summed E-state index contributed by atoms with van der Waals surface area (Å²) >= 11 is 0. The van der Waals surface area contributed by atoms with Gasteiger partial charge in [-0.1, -0.05) is 60.7 Å². The van der Waals surface area contributed by atoms with E-state index >= 15 is 0 Å². The normalized spacial score (nSPS) is 10.2. The van der Waals surface area contributed by atoms with Gasteiger partial charge >= 0.3 is 12.2 Å². The maximum absolute atomic E-state index is 11.6. The SMILES string of the molecule is O=C(NCCCCCNC(=O)OCCc1ccccc1)OCCc1ccccc1. The highest BCUT2D eigenvalue weighted by Gasteiger charge is 2.03. The van der Waals surface area contributed by atoms with Gasteiger partial charge in [-0.05, 0) is 30.4 Å². The van der Waals surface area contributed by atoms with Crippen molar-refractivity contribution in [1.82, 2.24) is 10.6 Å². The Morgan fingerprint density at radius 3 is 1.45 bits per heavy atom. The molecular weight excluding hydrogens is 368 g/mol. The van der Waals surface area contributed by atoms with Crippen LogP contribution in [0.15, 0.2) is 60.7 Å². The quantitative estimate of drug-likeness (QED) is 0.528. The fourth-order valence-electron chi connectivity index (χ4n) is 2.72. The molecule has 0 fully saturated rings. The lowest BCUT2D eigenvalue weighted by Crippen LogP contribution is -2.27. The standard InChI is InChI=1S/C23H30N2O4/c26-22(28-18-14-20-10-4-1-5-11-20)24-16-8-3-9-17-25-23(27)29-19-15-21-12-6-2-7-13-21/h1-2,4-7,10-13H,3,8-9,14-19H2,(H,24,26)(H,25,27). The largest absolute Gasteiger partial charge is 0.449 e. The van der Waals surface area contributed by atoms with Gasteiger partial charge in [0.15, 0.2) is 0 Å². The van der Waals surface area contributed by atoms with Crippen LogP contribution >= 0.6 is 0 Å². The molecule has 0 aliphatic carbocycles. The van der Waals surface area contributed by atoms with Crippen LogP contribution in [-0.4, -0.2) is 38.5 Å². The van der Waals surface area contributed by atoms with E-state index in [9.17, 15) is 9.59 Å². The van der Waals surface area contributed by atoms with Crippen molar-refractivity contribution < 1.29 is 19.1 Å². The first-order valence-electron chi connectivity index (χ1n) is 10.1. The Kier molecular flexibility index (Phi) is 10.8. The molecule has 2 aromatic rings. The summed E-state index contributed by atoms with van der Waals surface area (Å²) in [7, 11) is 0. The molecule has 0 spiro atoms. The summed E-state index contributed by atoms with van der Waals surface area (Å²) in [5.74, 6) is 0. The van der Waals surface area contributed by atoms with E-state index in [2.05, 4.69) is 10.6 Å². The number of benzene rings is 2. The van der Waals surface area contributed by atoms with Gasteiger partial charge in [0.25, 0.3) is 0 Å². The average Bonchev–Trinajstić information content (AvgIpc) is 2.74. The van der Waals surface area contributed by atoms with E-state index in [1.165, 1.54) is 0 Å². The Labute approximate surface area is 172 Å². The number of rotatable bonds is 12. The van der Waals surface area contributed by atoms with Gasteiger partial charge in [-0.25, -0.2) is 9.59 Å². The molecule has 29 heavy (non-hydrogen) atoms. The van der Waals surface area contributed by atoms with Crippen LogP contribution in [0.1, 0.15) is 30.4 Å². The van der Waals surface area contributed by atoms with E-state index in [1.54, 1.807) is 0 Å². The fourth-order valence-corrected chi connectivity index (χ4v) is 2.72. The highest BCUT2D eigenvalue weighted by molar-refractivity contribution is 5.67. The van der Waals surface area contributed by atoms with Crippen molar-refractivity contribution in [3.63, 3.8) is 0 Å². The topological polar surface area (TPSA) is 76.7 Å². The Hall–Kier alpha value is -3.02. The predicted octanol–water partition coefficient (Wildman–Crippen LogP) is 4.09. The third-order valence-corrected chi connectivity index (χ3v) is 4.33. The number of nitrogens with one attached hydrogen (secondary N) is 2. The van der Waals surface area contributed by atoms with Gasteiger partial charge in [-0.15, -0.1) is 0 Å². The van der Waals surface area contributed by atoms with Crippen molar-refractivity contribution in [3.05, 3.63) is 71.8 Å². The molecule has 0 heterocycles. The number of alkyl carbamates (subject to hydrolysis) is 2. The molecule has 2 N–H and O–H groups in total. The first-order valence-corrected chi connectivity index (χ1v) is 10.1. The molecule has 2 amide bonds. The minimum Gasteiger partial charge on any atom is -0.449 e. The van der Waals surface area contributed by atoms with Crippen molar-refractivity contribution in [2.24, 2.45) is 0 Å². The third kappa shape index (κ3) is 10.8. The summed E-state index contributed by atoms with van der Waals surface area (Å²) in [6.45, 7) is 1.86. The highest BCUT2D eigenvalue weighted by atomic mass is 16.6. The van der Waals surface area contributed by atoms with E-state index in [0.717, 1.165) is 30.4 Å². The monoisotopic (exact) mass is 398 g/mol. The van der Waals surface area contributed by atoms with Crippen LogP contribution in [0.3, 0.4) is 0 Å². The minimum atomic E-state index is -0.388. The number of hydrogen-bond donors (Lipinski definition) is 2. The summed E-state index contributed by atoms with van der Waals surface area (Å²) in [5.41, 5.74) is 2.29. The second-order valence-corrected chi connectivity index (χ2v) is 6.66. The predicted molar refractivity (Wildman–Crippen MR) is 113 cm³/mol. The molecule has 6 nitrogen and oxygen atoms in total. The Morgan fingerprint density at radius 2 is 1.03 bits per heavy atom. The van der Waals surface area contributed by atoms with Gasteiger partial charge in [0, 0.05) is 25.9 Å². The van der Waals surface area contributed by atoms with Crippen LogP contribution in [0.2, 0.25) is 0 Å². The molecule has 156 valence electrons. The zero-order chi connectivity index (χ0) is 20.6. The van der Waals surface area contributed by atoms with Crippen LogP contribution in [-0.2, 0) is 22.3 Å². The van der Waals surface area contributed by atoms with Crippen molar-refractivity contribution in [3.8, 4) is 0 Å². The molecule has 0 aliphatic rings. The van der Waals surface area contributed by atoms with Crippen molar-refractivity contribution >= 4 is 12.2 Å². The van der Waals surface area contributed by atoms with Crippen LogP contribution < -0.4 is 10.6 Å². The minimum absolute atomic E-state index is 0.367. The number of carbonyl (C=O) groups is 2. The maximum Gasteiger partial charge on any atom is 0.407 e. The molecule has 2 rings (SSSR count). The average molecular weight is 399 g/mol. The number of unbranched alkanes of at least 4 members (excludes halogenated alkanes) is 2. The molecule has 0 bridgehead atoms. The fraction of sp³-hybridized carbons (Fsp3) is 0.391. The lowest BCUT2D eigenvalue weighted by molar-refractivity contribution is 0.147. The van der Waals surface area contributed by atoms with Crippen molar-refractivity contribution in [2.45, 2.75) is 32.1 Å². The molecule has 0 unspecified atom stereocenters. The number of amides is 2. The molecule has 0 aromatic heterocycles. The van der Waals surface area contributed by atoms with Gasteiger partial charge in [0.2, 0.25) is 0 Å². The Bertz CT molecular complexity index is 646. The van der Waals surface area contributed by atoms with Gasteiger partial charge in [0.05, 0.1) is 13.2 Å². The zero-order valence-corrected chi connectivity index (χ0v) is 16.8. The van der Waals surface area contributed by atoms with Crippen LogP contribution in [0.25, 0.3) is 0 Å². The van der Waals surface area contributed by atoms with E-state index in [-0.39, 0.29) is 12.2 Å². The molecule has 0 saturated carbocycles. The van der Waals surface area contributed by atoms with Gasteiger partial charge in [-0.2, -0.15) is 0 Å². The Balaban J connectivity index is 1.37. The second kappa shape index (κ2) is 14.0. The van der Waals surface area contributed by atoms with E-state index < -0.39 is 0 Å². The van der Waals surface area contributed by atoms with E-state index in [0.29, 0.717) is 39.1 Å². The van der Waals surface area contributed by atoms with Crippen molar-refractivity contribution in [1.29, 1.82) is 0 Å². The highest BCUT2D eigenvalue weighted by Crippen LogP contribution is 2.01. The molecular formula is C23H30N2O4. The maximum atomic E-state index is 11.6. The first-order chi connectivity index (χ1) is 14.2. The van der Waals surface area contributed by atoms with Gasteiger partial charge in [0.1, 0.15) is 0 Å². The summed E-state index contributed by atoms with van der Waals surface area (Å²) in [4.78, 5) is 23.2. The smallest absolute Gasteiger partial charge is 0.407 e. The molecule has 0 saturated heterocycles. The van der Waals surface area contributed by atoms with Crippen LogP contribution in [0.4, 0.5) is 9.59 Å². The Morgan fingerprint density at radius 1 is 0.621 bits per heavy atom. The molecule has 0 radical (unpaired) electrons. The molecule has 0 aliphatic heterocycles. The van der Waals surface area contributed by atoms with Gasteiger partial charge in [-0.3, -0.25) is 0 Å². The third-order valence-electron chi connectivity index (χ3n) is 4.33. The summed E-state index contributed by atoms with van der Waals surface area (Å²) in [6, 6.07) is 19.8. The first kappa shape index (κ1) is 22.3. The number of carbonyl (C=O) groups excluding carboxylic acids is 2. The van der Waals surface area contributed by atoms with Gasteiger partial charge < -0.3 is 20.1 Å². The lowest BCUT2D eigenvalue weighted by Gasteiger charge is -2.08. The van der Waals surface area contributed by atoms with Crippen LogP contribution in [0, 0.1) is 0 Å². The number of ether oxygens (including phenoxy) is 2. The van der Waals surface area contributed by atoms with Crippen molar-refractivity contribution in [2.75, 3.05) is 26.3 Å².